The van der Waals surface area contributed by atoms with Crippen molar-refractivity contribution in [1.29, 1.82) is 0 Å². The fourth-order valence-electron chi connectivity index (χ4n) is 2.63. The van der Waals surface area contributed by atoms with Crippen LogP contribution in [0.25, 0.3) is 0 Å². The lowest BCUT2D eigenvalue weighted by atomic mass is 9.78. The van der Waals surface area contributed by atoms with Gasteiger partial charge in [0.05, 0.1) is 0 Å². The first-order valence-corrected chi connectivity index (χ1v) is 7.44. The summed E-state index contributed by atoms with van der Waals surface area (Å²) in [5, 5.41) is 0. The summed E-state index contributed by atoms with van der Waals surface area (Å²) in [6, 6.07) is 1.91. The molecule has 1 saturated heterocycles. The molecule has 1 aliphatic heterocycles. The second kappa shape index (κ2) is 5.76. The van der Waals surface area contributed by atoms with Crippen molar-refractivity contribution in [3.63, 3.8) is 0 Å². The molecule has 0 bridgehead atoms. The third kappa shape index (κ3) is 3.37. The van der Waals surface area contributed by atoms with Gasteiger partial charge in [0.1, 0.15) is 17.5 Å². The van der Waals surface area contributed by atoms with Gasteiger partial charge in [-0.05, 0) is 24.7 Å². The largest absolute Gasteiger partial charge is 0.384 e. The Bertz CT molecular complexity index is 422. The minimum atomic E-state index is 0.501. The Labute approximate surface area is 116 Å². The van der Waals surface area contributed by atoms with Crippen LogP contribution >= 0.6 is 0 Å². The van der Waals surface area contributed by atoms with Gasteiger partial charge in [0.15, 0.2) is 0 Å². The summed E-state index contributed by atoms with van der Waals surface area (Å²) in [6.45, 7) is 8.97. The second-order valence-corrected chi connectivity index (χ2v) is 5.97. The van der Waals surface area contributed by atoms with Crippen molar-refractivity contribution in [3.05, 3.63) is 11.9 Å². The van der Waals surface area contributed by atoms with Gasteiger partial charge in [-0.25, -0.2) is 9.97 Å². The van der Waals surface area contributed by atoms with E-state index in [1.807, 2.05) is 6.07 Å². The molecule has 2 rings (SSSR count). The number of anilines is 2. The van der Waals surface area contributed by atoms with Crippen LogP contribution < -0.4 is 10.6 Å². The van der Waals surface area contributed by atoms with E-state index in [2.05, 4.69) is 35.6 Å². The highest BCUT2D eigenvalue weighted by molar-refractivity contribution is 5.47. The number of nitrogen functional groups attached to an aromatic ring is 1. The Hall–Kier alpha value is -1.32. The highest BCUT2D eigenvalue weighted by Gasteiger charge is 2.28. The van der Waals surface area contributed by atoms with Crippen molar-refractivity contribution >= 4 is 11.6 Å². The Balaban J connectivity index is 2.10. The van der Waals surface area contributed by atoms with Gasteiger partial charge in [0, 0.05) is 25.6 Å². The molecule has 1 aliphatic rings. The molecule has 4 nitrogen and oxygen atoms in total. The average molecular weight is 262 g/mol. The van der Waals surface area contributed by atoms with Gasteiger partial charge in [0.25, 0.3) is 0 Å². The maximum Gasteiger partial charge on any atom is 0.134 e. The van der Waals surface area contributed by atoms with E-state index in [9.17, 15) is 0 Å². The van der Waals surface area contributed by atoms with Gasteiger partial charge < -0.3 is 10.6 Å². The number of hydrogen-bond acceptors (Lipinski definition) is 4. The van der Waals surface area contributed by atoms with E-state index in [1.54, 1.807) is 0 Å². The van der Waals surface area contributed by atoms with Crippen molar-refractivity contribution < 1.29 is 0 Å². The Morgan fingerprint density at radius 3 is 2.53 bits per heavy atom. The van der Waals surface area contributed by atoms with Gasteiger partial charge in [0.2, 0.25) is 0 Å². The zero-order valence-electron chi connectivity index (χ0n) is 12.4. The van der Waals surface area contributed by atoms with E-state index in [1.165, 1.54) is 19.3 Å². The fourth-order valence-corrected chi connectivity index (χ4v) is 2.63. The maximum atomic E-state index is 5.90. The monoisotopic (exact) mass is 262 g/mol. The van der Waals surface area contributed by atoms with Crippen LogP contribution in [-0.4, -0.2) is 23.1 Å². The molecule has 0 radical (unpaired) electrons. The minimum absolute atomic E-state index is 0.501. The van der Waals surface area contributed by atoms with E-state index in [0.717, 1.165) is 37.6 Å². The Morgan fingerprint density at radius 2 is 1.95 bits per heavy atom. The highest BCUT2D eigenvalue weighted by Crippen LogP contribution is 2.35. The van der Waals surface area contributed by atoms with Crippen LogP contribution in [0.5, 0.6) is 0 Å². The fraction of sp³-hybridized carbons (Fsp3) is 0.733. The molecule has 0 unspecified atom stereocenters. The molecule has 4 heteroatoms. The summed E-state index contributed by atoms with van der Waals surface area (Å²) in [4.78, 5) is 11.3. The van der Waals surface area contributed by atoms with E-state index < -0.39 is 0 Å². The van der Waals surface area contributed by atoms with E-state index in [0.29, 0.717) is 11.2 Å². The van der Waals surface area contributed by atoms with Crippen LogP contribution in [0.1, 0.15) is 52.3 Å². The van der Waals surface area contributed by atoms with Crippen molar-refractivity contribution in [1.82, 2.24) is 9.97 Å². The highest BCUT2D eigenvalue weighted by atomic mass is 15.2. The average Bonchev–Trinajstić information content (AvgIpc) is 2.39. The first-order valence-electron chi connectivity index (χ1n) is 7.44. The molecule has 19 heavy (non-hydrogen) atoms. The number of aryl methyl sites for hydroxylation is 1. The van der Waals surface area contributed by atoms with Crippen molar-refractivity contribution in [2.75, 3.05) is 23.7 Å². The molecule has 0 aromatic carbocycles. The van der Waals surface area contributed by atoms with Crippen LogP contribution in [0.4, 0.5) is 11.6 Å². The summed E-state index contributed by atoms with van der Waals surface area (Å²) in [5.74, 6) is 2.48. The minimum Gasteiger partial charge on any atom is -0.384 e. The molecule has 106 valence electrons. The maximum absolute atomic E-state index is 5.90. The standard InChI is InChI=1S/C15H26N4/c1-4-6-13-17-12(16)11-14(18-13)19-9-7-15(3,5-2)8-10-19/h11H,4-10H2,1-3H3,(H2,16,17,18). The zero-order valence-corrected chi connectivity index (χ0v) is 12.4. The second-order valence-electron chi connectivity index (χ2n) is 5.97. The number of nitrogens with two attached hydrogens (primary N) is 1. The first kappa shape index (κ1) is 14.1. The van der Waals surface area contributed by atoms with Crippen molar-refractivity contribution in [2.24, 2.45) is 5.41 Å². The van der Waals surface area contributed by atoms with Crippen molar-refractivity contribution in [3.8, 4) is 0 Å². The molecule has 0 atom stereocenters. The molecular weight excluding hydrogens is 236 g/mol. The van der Waals surface area contributed by atoms with Crippen LogP contribution in [0.2, 0.25) is 0 Å². The molecule has 1 fully saturated rings. The van der Waals surface area contributed by atoms with Gasteiger partial charge >= 0.3 is 0 Å². The number of aromatic nitrogens is 2. The molecule has 0 saturated carbocycles. The molecule has 1 aromatic rings. The molecule has 0 amide bonds. The van der Waals surface area contributed by atoms with Gasteiger partial charge in [-0.15, -0.1) is 0 Å². The third-order valence-corrected chi connectivity index (χ3v) is 4.40. The van der Waals surface area contributed by atoms with Crippen LogP contribution in [0, 0.1) is 5.41 Å². The lowest BCUT2D eigenvalue weighted by molar-refractivity contribution is 0.237. The Morgan fingerprint density at radius 1 is 1.26 bits per heavy atom. The van der Waals surface area contributed by atoms with Gasteiger partial charge in [-0.2, -0.15) is 0 Å². The lowest BCUT2D eigenvalue weighted by Crippen LogP contribution is -2.39. The predicted molar refractivity (Wildman–Crippen MR) is 80.3 cm³/mol. The summed E-state index contributed by atoms with van der Waals surface area (Å²) in [7, 11) is 0. The quantitative estimate of drug-likeness (QED) is 0.906. The van der Waals surface area contributed by atoms with Gasteiger partial charge in [-0.3, -0.25) is 0 Å². The number of piperidine rings is 1. The SMILES string of the molecule is CCCc1nc(N)cc(N2CCC(C)(CC)CC2)n1. The summed E-state index contributed by atoms with van der Waals surface area (Å²) in [5.41, 5.74) is 6.40. The van der Waals surface area contributed by atoms with E-state index >= 15 is 0 Å². The summed E-state index contributed by atoms with van der Waals surface area (Å²) < 4.78 is 0. The zero-order chi connectivity index (χ0) is 13.9. The summed E-state index contributed by atoms with van der Waals surface area (Å²) >= 11 is 0. The van der Waals surface area contributed by atoms with E-state index in [-0.39, 0.29) is 0 Å². The number of hydrogen-bond donors (Lipinski definition) is 1. The van der Waals surface area contributed by atoms with Gasteiger partial charge in [-0.1, -0.05) is 27.2 Å². The number of rotatable bonds is 4. The number of nitrogens with zero attached hydrogens (tertiary/aromatic N) is 3. The molecule has 2 N–H and O–H groups in total. The van der Waals surface area contributed by atoms with E-state index in [4.69, 9.17) is 5.73 Å². The topological polar surface area (TPSA) is 55.0 Å². The van der Waals surface area contributed by atoms with Crippen LogP contribution in [0.3, 0.4) is 0 Å². The third-order valence-electron chi connectivity index (χ3n) is 4.40. The first-order chi connectivity index (χ1) is 9.06. The van der Waals surface area contributed by atoms with Crippen LogP contribution in [-0.2, 0) is 6.42 Å². The molecule has 2 heterocycles. The smallest absolute Gasteiger partial charge is 0.134 e. The molecule has 1 aromatic heterocycles. The summed E-state index contributed by atoms with van der Waals surface area (Å²) in [6.07, 6.45) is 5.68. The normalized spacial score (nSPS) is 18.6. The van der Waals surface area contributed by atoms with Crippen LogP contribution in [0.15, 0.2) is 6.07 Å². The molecular formula is C15H26N4. The molecule has 0 aliphatic carbocycles. The lowest BCUT2D eigenvalue weighted by Gasteiger charge is -2.39. The van der Waals surface area contributed by atoms with Crippen molar-refractivity contribution in [2.45, 2.75) is 52.9 Å². The molecule has 0 spiro atoms. The predicted octanol–water partition coefficient (Wildman–Crippen LogP) is 3.03. The Kier molecular flexibility index (Phi) is 4.27.